The molecule has 2 fully saturated rings. The topological polar surface area (TPSA) is 53.1 Å². The second-order valence-electron chi connectivity index (χ2n) is 6.42. The largest absolute Gasteiger partial charge is 0.379 e. The number of allylic oxidation sites excluding steroid dienone is 1. The Bertz CT molecular complexity index is 801. The van der Waals surface area contributed by atoms with E-state index in [1.807, 2.05) is 0 Å². The first-order valence-electron chi connectivity index (χ1n) is 9.00. The number of morpholine rings is 1. The average molecular weight is 393 g/mol. The molecule has 0 aromatic heterocycles. The van der Waals surface area contributed by atoms with E-state index in [0.29, 0.717) is 32.7 Å². The molecule has 3 rings (SSSR count). The van der Waals surface area contributed by atoms with Crippen molar-refractivity contribution in [3.8, 4) is 11.8 Å². The fourth-order valence-electron chi connectivity index (χ4n) is 3.03. The zero-order valence-electron chi connectivity index (χ0n) is 15.2. The van der Waals surface area contributed by atoms with Crippen molar-refractivity contribution in [3.63, 3.8) is 0 Å². The molecule has 0 N–H and O–H groups in total. The third-order valence-corrected chi connectivity index (χ3v) is 6.19. The molecule has 0 aliphatic carbocycles. The molecule has 1 aromatic rings. The van der Waals surface area contributed by atoms with Gasteiger partial charge in [-0.2, -0.15) is 4.31 Å². The minimum Gasteiger partial charge on any atom is -0.379 e. The molecule has 0 bridgehead atoms. The van der Waals surface area contributed by atoms with Crippen LogP contribution in [0.3, 0.4) is 0 Å². The highest BCUT2D eigenvalue weighted by molar-refractivity contribution is 7.92. The van der Waals surface area contributed by atoms with Crippen molar-refractivity contribution < 1.29 is 17.5 Å². The summed E-state index contributed by atoms with van der Waals surface area (Å²) in [5.41, 5.74) is 0.901. The normalized spacial score (nSPS) is 19.8. The van der Waals surface area contributed by atoms with E-state index in [4.69, 9.17) is 4.74 Å². The number of piperazine rings is 1. The Labute approximate surface area is 160 Å². The van der Waals surface area contributed by atoms with Crippen molar-refractivity contribution in [2.45, 2.75) is 0 Å². The predicted octanol–water partition coefficient (Wildman–Crippen LogP) is 1.13. The summed E-state index contributed by atoms with van der Waals surface area (Å²) in [6.07, 6.45) is 1.40. The molecule has 27 heavy (non-hydrogen) atoms. The Balaban J connectivity index is 1.48. The molecule has 0 radical (unpaired) electrons. The number of ether oxygens (including phenoxy) is 1. The molecule has 1 aromatic carbocycles. The van der Waals surface area contributed by atoms with Crippen LogP contribution in [-0.4, -0.2) is 76.6 Å². The first-order chi connectivity index (χ1) is 13.0. The number of benzene rings is 1. The molecule has 6 nitrogen and oxygen atoms in total. The van der Waals surface area contributed by atoms with Gasteiger partial charge in [-0.15, -0.1) is 0 Å². The van der Waals surface area contributed by atoms with E-state index >= 15 is 0 Å². The molecule has 0 amide bonds. The molecule has 2 heterocycles. The van der Waals surface area contributed by atoms with Crippen LogP contribution in [0.5, 0.6) is 0 Å². The zero-order valence-corrected chi connectivity index (χ0v) is 16.0. The van der Waals surface area contributed by atoms with Gasteiger partial charge in [-0.1, -0.05) is 11.8 Å². The zero-order chi connectivity index (χ0) is 19.1. The Kier molecular flexibility index (Phi) is 6.85. The Morgan fingerprint density at radius 1 is 1.04 bits per heavy atom. The van der Waals surface area contributed by atoms with Crippen molar-refractivity contribution in [2.24, 2.45) is 0 Å². The maximum atomic E-state index is 13.0. The number of hydrogen-bond donors (Lipinski definition) is 0. The van der Waals surface area contributed by atoms with Crippen molar-refractivity contribution in [2.75, 3.05) is 63.9 Å². The fourth-order valence-corrected chi connectivity index (χ4v) is 4.12. The van der Waals surface area contributed by atoms with E-state index in [-0.39, 0.29) is 5.82 Å². The highest BCUT2D eigenvalue weighted by Crippen LogP contribution is 2.18. The Hall–Kier alpha value is -1.92. The van der Waals surface area contributed by atoms with Gasteiger partial charge in [-0.05, 0) is 24.3 Å². The minimum atomic E-state index is -3.47. The number of sulfonamides is 1. The van der Waals surface area contributed by atoms with Crippen molar-refractivity contribution in [3.05, 3.63) is 41.6 Å². The number of hydrogen-bond acceptors (Lipinski definition) is 5. The average Bonchev–Trinajstić information content (AvgIpc) is 2.69. The van der Waals surface area contributed by atoms with Crippen LogP contribution in [0.1, 0.15) is 0 Å². The SMILES string of the molecule is O=S(=O)(/C=C/C#CCN1CCOCC1)N1CCN(c2ccc(F)cc2)CC1. The van der Waals surface area contributed by atoms with E-state index in [1.54, 1.807) is 12.1 Å². The Morgan fingerprint density at radius 3 is 2.37 bits per heavy atom. The first kappa shape index (κ1) is 19.8. The van der Waals surface area contributed by atoms with E-state index < -0.39 is 10.0 Å². The summed E-state index contributed by atoms with van der Waals surface area (Å²) < 4.78 is 44.6. The van der Waals surface area contributed by atoms with Crippen molar-refractivity contribution in [1.82, 2.24) is 9.21 Å². The molecule has 0 spiro atoms. The lowest BCUT2D eigenvalue weighted by Gasteiger charge is -2.34. The molecule has 146 valence electrons. The second kappa shape index (κ2) is 9.33. The lowest BCUT2D eigenvalue weighted by atomic mass is 10.2. The molecule has 2 saturated heterocycles. The number of nitrogens with zero attached hydrogens (tertiary/aromatic N) is 3. The minimum absolute atomic E-state index is 0.278. The molecular weight excluding hydrogens is 369 g/mol. The number of halogens is 1. The summed E-state index contributed by atoms with van der Waals surface area (Å²) in [4.78, 5) is 4.23. The monoisotopic (exact) mass is 393 g/mol. The molecule has 2 aliphatic heterocycles. The molecule has 0 saturated carbocycles. The van der Waals surface area contributed by atoms with Gasteiger partial charge in [0, 0.05) is 51.0 Å². The van der Waals surface area contributed by atoms with Crippen LogP contribution in [0.4, 0.5) is 10.1 Å². The van der Waals surface area contributed by atoms with Crippen LogP contribution < -0.4 is 4.90 Å². The van der Waals surface area contributed by atoms with E-state index in [1.165, 1.54) is 27.9 Å². The lowest BCUT2D eigenvalue weighted by molar-refractivity contribution is 0.0443. The summed E-state index contributed by atoms with van der Waals surface area (Å²) in [6, 6.07) is 6.25. The molecular formula is C19H24FN3O3S. The van der Waals surface area contributed by atoms with Gasteiger partial charge in [-0.3, -0.25) is 4.90 Å². The highest BCUT2D eigenvalue weighted by atomic mass is 32.2. The van der Waals surface area contributed by atoms with Crippen LogP contribution in [0.2, 0.25) is 0 Å². The third-order valence-electron chi connectivity index (χ3n) is 4.62. The number of anilines is 1. The van der Waals surface area contributed by atoms with Crippen LogP contribution >= 0.6 is 0 Å². The highest BCUT2D eigenvalue weighted by Gasteiger charge is 2.25. The van der Waals surface area contributed by atoms with Crippen LogP contribution in [-0.2, 0) is 14.8 Å². The summed E-state index contributed by atoms with van der Waals surface area (Å²) in [5, 5.41) is 1.17. The molecule has 0 unspecified atom stereocenters. The standard InChI is InChI=1S/C19H24FN3O3S/c20-18-4-6-19(7-5-18)22-9-11-23(12-10-22)27(24,25)17-3-1-2-8-21-13-15-26-16-14-21/h3-7,17H,8-16H2/b17-3+. The van der Waals surface area contributed by atoms with Crippen LogP contribution in [0.25, 0.3) is 0 Å². The van der Waals surface area contributed by atoms with Gasteiger partial charge in [0.05, 0.1) is 25.2 Å². The van der Waals surface area contributed by atoms with Gasteiger partial charge >= 0.3 is 0 Å². The van der Waals surface area contributed by atoms with Gasteiger partial charge in [-0.25, -0.2) is 12.8 Å². The molecule has 0 atom stereocenters. The van der Waals surface area contributed by atoms with Gasteiger partial charge in [0.2, 0.25) is 10.0 Å². The van der Waals surface area contributed by atoms with Crippen LogP contribution in [0.15, 0.2) is 35.7 Å². The number of rotatable bonds is 4. The van der Waals surface area contributed by atoms with Gasteiger partial charge < -0.3 is 9.64 Å². The van der Waals surface area contributed by atoms with E-state index in [0.717, 1.165) is 32.0 Å². The second-order valence-corrected chi connectivity index (χ2v) is 8.24. The quantitative estimate of drug-likeness (QED) is 0.718. The molecule has 2 aliphatic rings. The van der Waals surface area contributed by atoms with Crippen molar-refractivity contribution in [1.29, 1.82) is 0 Å². The van der Waals surface area contributed by atoms with Crippen molar-refractivity contribution >= 4 is 15.7 Å². The maximum absolute atomic E-state index is 13.0. The van der Waals surface area contributed by atoms with Gasteiger partial charge in [0.1, 0.15) is 5.82 Å². The van der Waals surface area contributed by atoms with Gasteiger partial charge in [0.25, 0.3) is 0 Å². The summed E-state index contributed by atoms with van der Waals surface area (Å²) in [6.45, 7) is 5.69. The van der Waals surface area contributed by atoms with Gasteiger partial charge in [0.15, 0.2) is 0 Å². The third kappa shape index (κ3) is 5.78. The Morgan fingerprint density at radius 2 is 1.70 bits per heavy atom. The van der Waals surface area contributed by atoms with E-state index in [2.05, 4.69) is 21.6 Å². The van der Waals surface area contributed by atoms with Crippen LogP contribution in [0, 0.1) is 17.7 Å². The summed E-state index contributed by atoms with van der Waals surface area (Å²) >= 11 is 0. The fraction of sp³-hybridized carbons (Fsp3) is 0.474. The lowest BCUT2D eigenvalue weighted by Crippen LogP contribution is -2.48. The van der Waals surface area contributed by atoms with E-state index in [9.17, 15) is 12.8 Å². The predicted molar refractivity (Wildman–Crippen MR) is 103 cm³/mol. The smallest absolute Gasteiger partial charge is 0.236 e. The summed E-state index contributed by atoms with van der Waals surface area (Å²) in [5.74, 6) is 5.50. The summed E-state index contributed by atoms with van der Waals surface area (Å²) in [7, 11) is -3.47. The molecule has 8 heteroatoms. The maximum Gasteiger partial charge on any atom is 0.236 e. The first-order valence-corrected chi connectivity index (χ1v) is 10.5.